The van der Waals surface area contributed by atoms with Crippen LogP contribution in [0.25, 0.3) is 5.82 Å². The highest BCUT2D eigenvalue weighted by atomic mass is 35.5. The Morgan fingerprint density at radius 2 is 1.95 bits per heavy atom. The zero-order chi connectivity index (χ0) is 14.9. The average Bonchev–Trinajstić information content (AvgIpc) is 2.72. The highest BCUT2D eigenvalue weighted by molar-refractivity contribution is 6.31. The normalized spacial score (nSPS) is 11.3. The summed E-state index contributed by atoms with van der Waals surface area (Å²) in [5, 5.41) is 5.13. The minimum Gasteiger partial charge on any atom is -0.369 e. The number of halogens is 1. The monoisotopic (exact) mass is 291 g/mol. The quantitative estimate of drug-likeness (QED) is 0.645. The molecule has 2 aromatic rings. The lowest BCUT2D eigenvalue weighted by molar-refractivity contribution is 0.642. The molecule has 0 aliphatic heterocycles. The average molecular weight is 292 g/mol. The fourth-order valence-corrected chi connectivity index (χ4v) is 1.99. The van der Waals surface area contributed by atoms with Gasteiger partial charge in [0.25, 0.3) is 0 Å². The zero-order valence-electron chi connectivity index (χ0n) is 12.3. The highest BCUT2D eigenvalue weighted by Gasteiger charge is 2.12. The third-order valence-electron chi connectivity index (χ3n) is 2.75. The summed E-state index contributed by atoms with van der Waals surface area (Å²) in [4.78, 5) is 10.8. The molecule has 2 aromatic heterocycles. The summed E-state index contributed by atoms with van der Waals surface area (Å²) in [5.41, 5.74) is 2.64. The summed E-state index contributed by atoms with van der Waals surface area (Å²) in [5.74, 6) is 1.50. The van der Waals surface area contributed by atoms with E-state index < -0.39 is 0 Å². The standard InChI is InChI=1S/C14H18ClN5/c1-9-6-12(15)11(3)17-14(9)20-13(7-10(2)18-20)16-8-19(4)5/h6-8H,1-5H3. The van der Waals surface area contributed by atoms with E-state index in [9.17, 15) is 0 Å². The van der Waals surface area contributed by atoms with Gasteiger partial charge in [0.15, 0.2) is 11.6 Å². The van der Waals surface area contributed by atoms with Gasteiger partial charge in [-0.1, -0.05) is 11.6 Å². The topological polar surface area (TPSA) is 46.3 Å². The SMILES string of the molecule is Cc1cc(N=CN(C)C)n(-c2nc(C)c(Cl)cc2C)n1. The Balaban J connectivity index is 2.55. The molecular weight excluding hydrogens is 274 g/mol. The van der Waals surface area contributed by atoms with Crippen molar-refractivity contribution in [2.24, 2.45) is 4.99 Å². The highest BCUT2D eigenvalue weighted by Crippen LogP contribution is 2.24. The van der Waals surface area contributed by atoms with Gasteiger partial charge in [-0.3, -0.25) is 0 Å². The van der Waals surface area contributed by atoms with Crippen LogP contribution in [-0.4, -0.2) is 40.1 Å². The van der Waals surface area contributed by atoms with Gasteiger partial charge in [-0.15, -0.1) is 0 Å². The lowest BCUT2D eigenvalue weighted by Crippen LogP contribution is -2.08. The van der Waals surface area contributed by atoms with Gasteiger partial charge in [-0.2, -0.15) is 9.78 Å². The molecule has 106 valence electrons. The minimum atomic E-state index is 0.661. The van der Waals surface area contributed by atoms with Gasteiger partial charge in [-0.05, 0) is 32.4 Å². The zero-order valence-corrected chi connectivity index (χ0v) is 13.1. The summed E-state index contributed by atoms with van der Waals surface area (Å²) in [7, 11) is 3.85. The first-order valence-corrected chi connectivity index (χ1v) is 6.67. The van der Waals surface area contributed by atoms with Crippen molar-refractivity contribution >= 4 is 23.8 Å². The fraction of sp³-hybridized carbons (Fsp3) is 0.357. The summed E-state index contributed by atoms with van der Waals surface area (Å²) in [6, 6.07) is 3.82. The molecule has 2 rings (SSSR count). The Hall–Kier alpha value is -1.88. The molecule has 20 heavy (non-hydrogen) atoms. The Bertz CT molecular complexity index is 658. The number of aromatic nitrogens is 3. The lowest BCUT2D eigenvalue weighted by Gasteiger charge is -2.09. The van der Waals surface area contributed by atoms with E-state index in [2.05, 4.69) is 15.1 Å². The summed E-state index contributed by atoms with van der Waals surface area (Å²) in [6.45, 7) is 5.78. The maximum atomic E-state index is 6.09. The Morgan fingerprint density at radius 1 is 1.25 bits per heavy atom. The predicted molar refractivity (Wildman–Crippen MR) is 82.4 cm³/mol. The lowest BCUT2D eigenvalue weighted by atomic mass is 10.2. The van der Waals surface area contributed by atoms with Gasteiger partial charge in [-0.25, -0.2) is 9.98 Å². The van der Waals surface area contributed by atoms with Crippen molar-refractivity contribution in [1.29, 1.82) is 0 Å². The van der Waals surface area contributed by atoms with E-state index in [1.807, 2.05) is 51.9 Å². The summed E-state index contributed by atoms with van der Waals surface area (Å²) in [6.07, 6.45) is 1.74. The van der Waals surface area contributed by atoms with Crippen LogP contribution in [0.4, 0.5) is 5.82 Å². The molecule has 5 nitrogen and oxygen atoms in total. The Kier molecular flexibility index (Phi) is 4.09. The van der Waals surface area contributed by atoms with Crippen LogP contribution in [0.5, 0.6) is 0 Å². The van der Waals surface area contributed by atoms with E-state index in [1.165, 1.54) is 0 Å². The molecule has 0 atom stereocenters. The first-order chi connectivity index (χ1) is 9.38. The van der Waals surface area contributed by atoms with Gasteiger partial charge in [0.2, 0.25) is 0 Å². The van der Waals surface area contributed by atoms with Crippen LogP contribution < -0.4 is 0 Å². The predicted octanol–water partition coefficient (Wildman–Crippen LogP) is 3.07. The maximum absolute atomic E-state index is 6.09. The third kappa shape index (κ3) is 2.99. The minimum absolute atomic E-state index is 0.661. The molecule has 0 aromatic carbocycles. The van der Waals surface area contributed by atoms with E-state index in [0.717, 1.165) is 28.6 Å². The first-order valence-electron chi connectivity index (χ1n) is 6.30. The molecule has 0 bridgehead atoms. The second-order valence-electron chi connectivity index (χ2n) is 4.96. The molecule has 0 N–H and O–H groups in total. The number of rotatable bonds is 3. The molecule has 0 fully saturated rings. The van der Waals surface area contributed by atoms with Crippen LogP contribution in [0.3, 0.4) is 0 Å². The van der Waals surface area contributed by atoms with Gasteiger partial charge in [0.1, 0.15) is 0 Å². The van der Waals surface area contributed by atoms with E-state index in [4.69, 9.17) is 11.6 Å². The summed E-state index contributed by atoms with van der Waals surface area (Å²) < 4.78 is 1.74. The van der Waals surface area contributed by atoms with Crippen molar-refractivity contribution < 1.29 is 0 Å². The third-order valence-corrected chi connectivity index (χ3v) is 3.13. The molecule has 2 heterocycles. The second kappa shape index (κ2) is 5.63. The molecule has 0 saturated carbocycles. The number of hydrogen-bond acceptors (Lipinski definition) is 3. The molecule has 0 radical (unpaired) electrons. The fourth-order valence-electron chi connectivity index (χ4n) is 1.78. The molecule has 6 heteroatoms. The van der Waals surface area contributed by atoms with Crippen LogP contribution >= 0.6 is 11.6 Å². The molecule has 0 amide bonds. The van der Waals surface area contributed by atoms with Crippen molar-refractivity contribution in [1.82, 2.24) is 19.7 Å². The molecule has 0 unspecified atom stereocenters. The molecule has 0 spiro atoms. The van der Waals surface area contributed by atoms with Crippen LogP contribution in [0, 0.1) is 20.8 Å². The van der Waals surface area contributed by atoms with Crippen LogP contribution in [0.15, 0.2) is 17.1 Å². The number of pyridine rings is 1. The molecule has 0 saturated heterocycles. The number of aryl methyl sites for hydroxylation is 3. The second-order valence-corrected chi connectivity index (χ2v) is 5.37. The van der Waals surface area contributed by atoms with Crippen LogP contribution in [0.2, 0.25) is 5.02 Å². The van der Waals surface area contributed by atoms with Gasteiger partial charge in [0, 0.05) is 20.2 Å². The number of nitrogens with zero attached hydrogens (tertiary/aromatic N) is 5. The number of hydrogen-bond donors (Lipinski definition) is 0. The van der Waals surface area contributed by atoms with Crippen molar-refractivity contribution in [2.45, 2.75) is 20.8 Å². The first kappa shape index (κ1) is 14.5. The van der Waals surface area contributed by atoms with Crippen molar-refractivity contribution in [3.8, 4) is 5.82 Å². The summed E-state index contributed by atoms with van der Waals surface area (Å²) >= 11 is 6.09. The van der Waals surface area contributed by atoms with Gasteiger partial charge >= 0.3 is 0 Å². The molecular formula is C14H18ClN5. The van der Waals surface area contributed by atoms with E-state index >= 15 is 0 Å². The largest absolute Gasteiger partial charge is 0.369 e. The van der Waals surface area contributed by atoms with Gasteiger partial charge < -0.3 is 4.90 Å². The smallest absolute Gasteiger partial charge is 0.159 e. The van der Waals surface area contributed by atoms with Crippen molar-refractivity contribution in [3.05, 3.63) is 34.1 Å². The van der Waals surface area contributed by atoms with Crippen LogP contribution in [-0.2, 0) is 0 Å². The maximum Gasteiger partial charge on any atom is 0.159 e. The Labute approximate surface area is 123 Å². The van der Waals surface area contributed by atoms with E-state index in [1.54, 1.807) is 11.0 Å². The van der Waals surface area contributed by atoms with E-state index in [0.29, 0.717) is 5.02 Å². The Morgan fingerprint density at radius 3 is 2.60 bits per heavy atom. The van der Waals surface area contributed by atoms with Gasteiger partial charge in [0.05, 0.1) is 22.7 Å². The molecule has 0 aliphatic rings. The molecule has 0 aliphatic carbocycles. The van der Waals surface area contributed by atoms with Crippen molar-refractivity contribution in [2.75, 3.05) is 14.1 Å². The van der Waals surface area contributed by atoms with E-state index in [-0.39, 0.29) is 0 Å². The van der Waals surface area contributed by atoms with Crippen molar-refractivity contribution in [3.63, 3.8) is 0 Å². The number of aliphatic imine (C=N–C) groups is 1. The van der Waals surface area contributed by atoms with Crippen LogP contribution in [0.1, 0.15) is 17.0 Å².